The second-order valence-corrected chi connectivity index (χ2v) is 15.4. The highest BCUT2D eigenvalue weighted by molar-refractivity contribution is 7.91. The maximum absolute atomic E-state index is 14.0. The normalized spacial score (nSPS) is 12.4. The van der Waals surface area contributed by atoms with E-state index in [2.05, 4.69) is 0 Å². The van der Waals surface area contributed by atoms with Gasteiger partial charge in [-0.05, 0) is 78.9 Å². The molecule has 3 N–H and O–H groups in total. The average molecular weight is 765 g/mol. The Hall–Kier alpha value is -5.22. The third kappa shape index (κ3) is 11.7. The fourth-order valence-electron chi connectivity index (χ4n) is 5.15. The van der Waals surface area contributed by atoms with E-state index in [-0.39, 0.29) is 24.5 Å². The van der Waals surface area contributed by atoms with Crippen LogP contribution in [0.25, 0.3) is 0 Å². The van der Waals surface area contributed by atoms with E-state index in [9.17, 15) is 45.3 Å². The third-order valence-electron chi connectivity index (χ3n) is 7.56. The molecule has 0 unspecified atom stereocenters. The zero-order chi connectivity index (χ0) is 39.6. The van der Waals surface area contributed by atoms with Gasteiger partial charge in [0.1, 0.15) is 11.6 Å². The number of nitrogen functional groups attached to an aromatic ring is 1. The van der Waals surface area contributed by atoms with Crippen LogP contribution in [-0.2, 0) is 48.5 Å². The van der Waals surface area contributed by atoms with Crippen molar-refractivity contribution in [3.63, 3.8) is 0 Å². The van der Waals surface area contributed by atoms with Crippen molar-refractivity contribution in [3.05, 3.63) is 122 Å². The number of carbonyl (C=O) groups excluding carboxylic acids is 1. The number of nitrogens with zero attached hydrogens (tertiary/aromatic N) is 2. The standard InChI is InChI=1S/C18H18FNO3S.C8H6FNO4.C8H11NO2S.C2H6.H2/c1-12-6-7-14(11-17(12)24(2,22)23)20-9-8-15-13(10-18(20)21)4-3-5-16(15)19;9-6-2-1-3-7(10(13)14)5(6)4-8(11)12;1-6-3-4-7(9)5-8(6)12(2,10)11;1-2;/h3-7,11H,8-10H2,1-2H3;1-3H,4H2,(H,11,12);3-5H,9H2,1-2H3;1-2H3;1H/i;;;;1+1. The third-order valence-corrected chi connectivity index (χ3v) is 10.0. The van der Waals surface area contributed by atoms with Crippen molar-refractivity contribution in [1.82, 2.24) is 0 Å². The summed E-state index contributed by atoms with van der Waals surface area (Å²) < 4.78 is 73.1. The molecule has 4 aromatic rings. The summed E-state index contributed by atoms with van der Waals surface area (Å²) in [5.41, 5.74) is 8.17. The lowest BCUT2D eigenvalue weighted by Gasteiger charge is -2.21. The summed E-state index contributed by atoms with van der Waals surface area (Å²) in [6.45, 7) is 7.78. The van der Waals surface area contributed by atoms with Crippen LogP contribution in [-0.4, -0.2) is 57.8 Å². The van der Waals surface area contributed by atoms with Crippen molar-refractivity contribution in [3.8, 4) is 0 Å². The zero-order valence-corrected chi connectivity index (χ0v) is 31.1. The number of anilines is 2. The number of rotatable bonds is 6. The largest absolute Gasteiger partial charge is 0.481 e. The van der Waals surface area contributed by atoms with Crippen molar-refractivity contribution in [2.24, 2.45) is 0 Å². The van der Waals surface area contributed by atoms with Crippen molar-refractivity contribution in [2.75, 3.05) is 29.7 Å². The van der Waals surface area contributed by atoms with Gasteiger partial charge in [-0.25, -0.2) is 25.6 Å². The Morgan fingerprint density at radius 3 is 1.98 bits per heavy atom. The number of aliphatic carboxylic acids is 1. The predicted octanol–water partition coefficient (Wildman–Crippen LogP) is 6.28. The summed E-state index contributed by atoms with van der Waals surface area (Å²) >= 11 is 0. The van der Waals surface area contributed by atoms with Crippen LogP contribution < -0.4 is 10.6 Å². The molecule has 52 heavy (non-hydrogen) atoms. The van der Waals surface area contributed by atoms with E-state index in [4.69, 9.17) is 10.8 Å². The number of amides is 1. The lowest BCUT2D eigenvalue weighted by molar-refractivity contribution is -0.385. The average Bonchev–Trinajstić information content (AvgIpc) is 3.22. The highest BCUT2D eigenvalue weighted by atomic mass is 32.2. The number of nitro groups is 1. The number of nitrogens with two attached hydrogens (primary N) is 1. The first-order valence-electron chi connectivity index (χ1n) is 15.8. The van der Waals surface area contributed by atoms with E-state index >= 15 is 0 Å². The Morgan fingerprint density at radius 1 is 0.904 bits per heavy atom. The Balaban J connectivity index is 0.000000415. The summed E-state index contributed by atoms with van der Waals surface area (Å²) in [6.07, 6.45) is 2.14. The molecule has 1 aliphatic heterocycles. The molecule has 1 amide bonds. The minimum Gasteiger partial charge on any atom is -0.481 e. The number of aryl methyl sites for hydroxylation is 2. The van der Waals surface area contributed by atoms with Gasteiger partial charge in [0.15, 0.2) is 19.7 Å². The monoisotopic (exact) mass is 764 g/mol. The number of carboxylic acids is 1. The molecule has 0 bridgehead atoms. The number of hydrogen-bond donors (Lipinski definition) is 2. The Morgan fingerprint density at radius 2 is 1.44 bits per heavy atom. The maximum Gasteiger partial charge on any atom is 0.308 e. The first-order valence-corrected chi connectivity index (χ1v) is 19.6. The van der Waals surface area contributed by atoms with Crippen molar-refractivity contribution >= 4 is 48.6 Å². The molecule has 0 fully saturated rings. The minimum absolute atomic E-state index is 0. The number of nitro benzene ring substituents is 1. The van der Waals surface area contributed by atoms with Crippen LogP contribution in [0.3, 0.4) is 0 Å². The van der Waals surface area contributed by atoms with Crippen molar-refractivity contribution in [1.29, 1.82) is 0 Å². The van der Waals surface area contributed by atoms with E-state index < -0.39 is 54.1 Å². The molecule has 0 saturated carbocycles. The SMILES string of the molecule is CC.Cc1ccc(N)cc1S(C)(=O)=O.Cc1ccc(N2CCc3c(F)cccc3CC2=O)cc1S(C)(=O)=O.O=C(O)Cc1c(F)cccc1[N+](=O)[O-].[2HH]. The highest BCUT2D eigenvalue weighted by Gasteiger charge is 2.25. The lowest BCUT2D eigenvalue weighted by Crippen LogP contribution is -2.32. The summed E-state index contributed by atoms with van der Waals surface area (Å²) in [6, 6.07) is 17.8. The van der Waals surface area contributed by atoms with Gasteiger partial charge in [0.25, 0.3) is 5.69 Å². The molecule has 0 aromatic heterocycles. The first-order chi connectivity index (χ1) is 24.2. The quantitative estimate of drug-likeness (QED) is 0.128. The Labute approximate surface area is 303 Å². The number of sulfone groups is 2. The van der Waals surface area contributed by atoms with Gasteiger partial charge in [0.05, 0.1) is 33.1 Å². The number of hydrogen-bond acceptors (Lipinski definition) is 9. The van der Waals surface area contributed by atoms with E-state index in [1.165, 1.54) is 35.4 Å². The van der Waals surface area contributed by atoms with Crippen LogP contribution in [0.4, 0.5) is 25.8 Å². The van der Waals surface area contributed by atoms with Crippen LogP contribution in [0.15, 0.2) is 82.6 Å². The predicted molar refractivity (Wildman–Crippen MR) is 197 cm³/mol. The summed E-state index contributed by atoms with van der Waals surface area (Å²) in [5, 5.41) is 18.8. The summed E-state index contributed by atoms with van der Waals surface area (Å²) in [4.78, 5) is 34.5. The molecular formula is C36H43F2N3O9S2. The topological polar surface area (TPSA) is 195 Å². The minimum atomic E-state index is -3.38. The van der Waals surface area contributed by atoms with Crippen LogP contribution in [0.2, 0.25) is 0 Å². The van der Waals surface area contributed by atoms with Crippen LogP contribution in [0.5, 0.6) is 0 Å². The molecule has 5 rings (SSSR count). The van der Waals surface area contributed by atoms with Gasteiger partial charge in [0, 0.05) is 37.9 Å². The first kappa shape index (κ1) is 42.9. The second kappa shape index (κ2) is 18.3. The highest BCUT2D eigenvalue weighted by Crippen LogP contribution is 2.27. The van der Waals surface area contributed by atoms with Gasteiger partial charge in [-0.3, -0.25) is 19.7 Å². The van der Waals surface area contributed by atoms with Gasteiger partial charge in [-0.2, -0.15) is 0 Å². The summed E-state index contributed by atoms with van der Waals surface area (Å²) in [7, 11) is -6.52. The van der Waals surface area contributed by atoms with E-state index in [1.807, 2.05) is 13.8 Å². The van der Waals surface area contributed by atoms with E-state index in [1.54, 1.807) is 50.2 Å². The van der Waals surface area contributed by atoms with Crippen LogP contribution in [0.1, 0.15) is 43.1 Å². The van der Waals surface area contributed by atoms with Crippen LogP contribution >= 0.6 is 0 Å². The number of fused-ring (bicyclic) bond motifs is 1. The Kier molecular flexibility index (Phi) is 15.1. The fourth-order valence-corrected chi connectivity index (χ4v) is 7.14. The smallest absolute Gasteiger partial charge is 0.308 e. The van der Waals surface area contributed by atoms with Gasteiger partial charge in [0.2, 0.25) is 5.91 Å². The second-order valence-electron chi connectivity index (χ2n) is 11.4. The van der Waals surface area contributed by atoms with Gasteiger partial charge in [-0.15, -0.1) is 0 Å². The molecule has 12 nitrogen and oxygen atoms in total. The van der Waals surface area contributed by atoms with Crippen LogP contribution in [0, 0.1) is 35.6 Å². The fraction of sp³-hybridized carbons (Fsp3) is 0.278. The van der Waals surface area contributed by atoms with Crippen molar-refractivity contribution < 1.29 is 46.7 Å². The molecule has 1 heterocycles. The zero-order valence-electron chi connectivity index (χ0n) is 29.5. The summed E-state index contributed by atoms with van der Waals surface area (Å²) in [5.74, 6) is -2.65. The van der Waals surface area contributed by atoms with Crippen molar-refractivity contribution in [2.45, 2.75) is 56.7 Å². The number of halogens is 2. The number of benzene rings is 4. The molecule has 4 aromatic carbocycles. The molecule has 16 heteroatoms. The van der Waals surface area contributed by atoms with Gasteiger partial charge >= 0.3 is 5.97 Å². The molecule has 0 radical (unpaired) electrons. The molecule has 0 spiro atoms. The van der Waals surface area contributed by atoms with E-state index in [0.717, 1.165) is 24.0 Å². The molecular weight excluding hydrogens is 721 g/mol. The van der Waals surface area contributed by atoms with Gasteiger partial charge in [-0.1, -0.05) is 44.2 Å². The maximum atomic E-state index is 14.0. The molecule has 0 aliphatic carbocycles. The lowest BCUT2D eigenvalue weighted by atomic mass is 10.0. The number of carboxylic acid groups (broad SMARTS) is 1. The number of carbonyl (C=O) groups is 2. The molecule has 282 valence electrons. The molecule has 1 aliphatic rings. The molecule has 0 saturated heterocycles. The van der Waals surface area contributed by atoms with E-state index in [0.29, 0.717) is 45.9 Å². The van der Waals surface area contributed by atoms with Gasteiger partial charge < -0.3 is 15.7 Å². The molecule has 0 atom stereocenters. The Bertz CT molecular complexity index is 2180.